The molecule has 0 saturated carbocycles. The molecule has 0 aromatic heterocycles. The minimum absolute atomic E-state index is 0.111. The third kappa shape index (κ3) is 4.17. The minimum Gasteiger partial charge on any atom is -0.494 e. The molecule has 1 aliphatic rings. The van der Waals surface area contributed by atoms with E-state index in [0.717, 1.165) is 5.75 Å². The number of hydrogen-bond acceptors (Lipinski definition) is 4. The minimum atomic E-state index is -3.71. The van der Waals surface area contributed by atoms with Crippen LogP contribution in [0.25, 0.3) is 0 Å². The number of rotatable bonds is 6. The maximum atomic E-state index is 12.5. The Hall–Kier alpha value is -2.09. The summed E-state index contributed by atoms with van der Waals surface area (Å²) in [5.74, 6) is 0.598. The lowest BCUT2D eigenvalue weighted by Gasteiger charge is -2.18. The predicted octanol–water partition coefficient (Wildman–Crippen LogP) is 2.82. The van der Waals surface area contributed by atoms with Crippen molar-refractivity contribution in [3.8, 4) is 5.75 Å². The summed E-state index contributed by atoms with van der Waals surface area (Å²) in [4.78, 5) is 14.0. The van der Waals surface area contributed by atoms with Gasteiger partial charge in [0, 0.05) is 29.7 Å². The number of carbonyl (C=O) groups is 1. The lowest BCUT2D eigenvalue weighted by Crippen LogP contribution is -2.37. The summed E-state index contributed by atoms with van der Waals surface area (Å²) in [6.45, 7) is 2.74. The van der Waals surface area contributed by atoms with Crippen LogP contribution >= 0.6 is 11.6 Å². The number of ether oxygens (including phenoxy) is 1. The van der Waals surface area contributed by atoms with E-state index in [2.05, 4.69) is 4.72 Å². The Morgan fingerprint density at radius 1 is 1.15 bits per heavy atom. The lowest BCUT2D eigenvalue weighted by molar-refractivity contribution is -0.117. The van der Waals surface area contributed by atoms with E-state index >= 15 is 0 Å². The van der Waals surface area contributed by atoms with Gasteiger partial charge in [-0.05, 0) is 55.5 Å². The third-order valence-electron chi connectivity index (χ3n) is 4.03. The standard InChI is InChI=1S/C18H19ClN2O4S/c1-2-25-16-7-5-15(6-8-16)21-12-14(11-18(21)22)20-26(23,24)17-9-3-13(19)4-10-17/h3-10,14,20H,2,11-12H2,1H3/t14-/m1/s1. The van der Waals surface area contributed by atoms with Crippen LogP contribution in [0.2, 0.25) is 5.02 Å². The average Bonchev–Trinajstić information content (AvgIpc) is 2.96. The van der Waals surface area contributed by atoms with Gasteiger partial charge in [-0.2, -0.15) is 0 Å². The first-order chi connectivity index (χ1) is 12.4. The number of amides is 1. The van der Waals surface area contributed by atoms with Gasteiger partial charge in [0.15, 0.2) is 0 Å². The lowest BCUT2D eigenvalue weighted by atomic mass is 10.3. The highest BCUT2D eigenvalue weighted by Gasteiger charge is 2.33. The molecule has 1 fully saturated rings. The van der Waals surface area contributed by atoms with Crippen LogP contribution in [-0.4, -0.2) is 33.5 Å². The van der Waals surface area contributed by atoms with E-state index in [1.807, 2.05) is 6.92 Å². The van der Waals surface area contributed by atoms with Crippen molar-refractivity contribution >= 4 is 33.2 Å². The van der Waals surface area contributed by atoms with Crippen molar-refractivity contribution in [3.63, 3.8) is 0 Å². The molecule has 1 atom stereocenters. The Morgan fingerprint density at radius 2 is 1.81 bits per heavy atom. The Bertz CT molecular complexity index is 882. The molecule has 1 N–H and O–H groups in total. The van der Waals surface area contributed by atoms with E-state index in [4.69, 9.17) is 16.3 Å². The zero-order valence-corrected chi connectivity index (χ0v) is 15.8. The Kier molecular flexibility index (Phi) is 5.50. The largest absolute Gasteiger partial charge is 0.494 e. The smallest absolute Gasteiger partial charge is 0.240 e. The number of hydrogen-bond donors (Lipinski definition) is 1. The highest BCUT2D eigenvalue weighted by atomic mass is 35.5. The SMILES string of the molecule is CCOc1ccc(N2C[C@H](NS(=O)(=O)c3ccc(Cl)cc3)CC2=O)cc1. The molecular weight excluding hydrogens is 376 g/mol. The number of benzene rings is 2. The summed E-state index contributed by atoms with van der Waals surface area (Å²) in [5.41, 5.74) is 0.714. The first-order valence-electron chi connectivity index (χ1n) is 8.20. The molecule has 8 heteroatoms. The molecule has 6 nitrogen and oxygen atoms in total. The molecule has 1 amide bonds. The fourth-order valence-electron chi connectivity index (χ4n) is 2.83. The van der Waals surface area contributed by atoms with Crippen LogP contribution in [0.4, 0.5) is 5.69 Å². The van der Waals surface area contributed by atoms with Crippen molar-refractivity contribution in [1.82, 2.24) is 4.72 Å². The maximum absolute atomic E-state index is 12.5. The molecule has 0 spiro atoms. The van der Waals surface area contributed by atoms with Gasteiger partial charge < -0.3 is 9.64 Å². The van der Waals surface area contributed by atoms with Crippen molar-refractivity contribution < 1.29 is 17.9 Å². The van der Waals surface area contributed by atoms with Crippen molar-refractivity contribution in [2.45, 2.75) is 24.3 Å². The number of carbonyl (C=O) groups excluding carboxylic acids is 1. The third-order valence-corrected chi connectivity index (χ3v) is 5.82. The molecular formula is C18H19ClN2O4S. The highest BCUT2D eigenvalue weighted by Crippen LogP contribution is 2.25. The molecule has 3 rings (SSSR count). The van der Waals surface area contributed by atoms with E-state index in [9.17, 15) is 13.2 Å². The number of halogens is 1. The van der Waals surface area contributed by atoms with Crippen LogP contribution in [0.5, 0.6) is 5.75 Å². The fourth-order valence-corrected chi connectivity index (χ4v) is 4.18. The van der Waals surface area contributed by atoms with Gasteiger partial charge in [0.2, 0.25) is 15.9 Å². The van der Waals surface area contributed by atoms with Gasteiger partial charge >= 0.3 is 0 Å². The second-order valence-electron chi connectivity index (χ2n) is 5.91. The van der Waals surface area contributed by atoms with Gasteiger partial charge in [0.1, 0.15) is 5.75 Å². The first kappa shape index (κ1) is 18.7. The zero-order valence-electron chi connectivity index (χ0n) is 14.2. The van der Waals surface area contributed by atoms with Crippen LogP contribution in [0, 0.1) is 0 Å². The van der Waals surface area contributed by atoms with Crippen molar-refractivity contribution in [1.29, 1.82) is 0 Å². The quantitative estimate of drug-likeness (QED) is 0.817. The molecule has 0 bridgehead atoms. The predicted molar refractivity (Wildman–Crippen MR) is 100 cm³/mol. The highest BCUT2D eigenvalue weighted by molar-refractivity contribution is 7.89. The molecule has 1 heterocycles. The second-order valence-corrected chi connectivity index (χ2v) is 8.06. The maximum Gasteiger partial charge on any atom is 0.240 e. The molecule has 2 aromatic carbocycles. The first-order valence-corrected chi connectivity index (χ1v) is 10.1. The summed E-state index contributed by atoms with van der Waals surface area (Å²) < 4.78 is 32.9. The molecule has 26 heavy (non-hydrogen) atoms. The topological polar surface area (TPSA) is 75.7 Å². The van der Waals surface area contributed by atoms with Crippen LogP contribution in [0.1, 0.15) is 13.3 Å². The summed E-state index contributed by atoms with van der Waals surface area (Å²) in [7, 11) is -3.71. The van der Waals surface area contributed by atoms with Gasteiger partial charge in [-0.3, -0.25) is 4.79 Å². The number of nitrogens with zero attached hydrogens (tertiary/aromatic N) is 1. The monoisotopic (exact) mass is 394 g/mol. The van der Waals surface area contributed by atoms with Crippen LogP contribution in [0.3, 0.4) is 0 Å². The molecule has 1 saturated heterocycles. The normalized spacial score (nSPS) is 17.5. The fraction of sp³-hybridized carbons (Fsp3) is 0.278. The number of nitrogens with one attached hydrogen (secondary N) is 1. The number of sulfonamides is 1. The van der Waals surface area contributed by atoms with Gasteiger partial charge in [-0.1, -0.05) is 11.6 Å². The van der Waals surface area contributed by atoms with Crippen LogP contribution < -0.4 is 14.4 Å². The molecule has 0 radical (unpaired) electrons. The van der Waals surface area contributed by atoms with Crippen molar-refractivity contribution in [2.75, 3.05) is 18.1 Å². The molecule has 1 aliphatic heterocycles. The van der Waals surface area contributed by atoms with E-state index in [0.29, 0.717) is 17.3 Å². The van der Waals surface area contributed by atoms with Crippen LogP contribution in [0.15, 0.2) is 53.4 Å². The van der Waals surface area contributed by atoms with E-state index < -0.39 is 16.1 Å². The number of anilines is 1. The van der Waals surface area contributed by atoms with E-state index in [-0.39, 0.29) is 23.8 Å². The molecule has 2 aromatic rings. The summed E-state index contributed by atoms with van der Waals surface area (Å²) in [5, 5.41) is 0.460. The van der Waals surface area contributed by atoms with Crippen molar-refractivity contribution in [2.24, 2.45) is 0 Å². The Balaban J connectivity index is 1.70. The van der Waals surface area contributed by atoms with Gasteiger partial charge in [-0.25, -0.2) is 13.1 Å². The van der Waals surface area contributed by atoms with Gasteiger partial charge in [0.05, 0.1) is 11.5 Å². The summed E-state index contributed by atoms with van der Waals surface area (Å²) >= 11 is 5.79. The van der Waals surface area contributed by atoms with Crippen LogP contribution in [-0.2, 0) is 14.8 Å². The Morgan fingerprint density at radius 3 is 2.42 bits per heavy atom. The van der Waals surface area contributed by atoms with Gasteiger partial charge in [0.25, 0.3) is 0 Å². The average molecular weight is 395 g/mol. The van der Waals surface area contributed by atoms with Crippen molar-refractivity contribution in [3.05, 3.63) is 53.6 Å². The Labute approximate surface area is 157 Å². The summed E-state index contributed by atoms with van der Waals surface area (Å²) in [6, 6.07) is 12.6. The van der Waals surface area contributed by atoms with E-state index in [1.54, 1.807) is 29.2 Å². The molecule has 138 valence electrons. The zero-order chi connectivity index (χ0) is 18.7. The van der Waals surface area contributed by atoms with Gasteiger partial charge in [-0.15, -0.1) is 0 Å². The molecule has 0 aliphatic carbocycles. The second kappa shape index (κ2) is 7.65. The van der Waals surface area contributed by atoms with E-state index in [1.165, 1.54) is 24.3 Å². The molecule has 0 unspecified atom stereocenters. The summed E-state index contributed by atoms with van der Waals surface area (Å²) in [6.07, 6.45) is 0.111.